The summed E-state index contributed by atoms with van der Waals surface area (Å²) < 4.78 is 5.45. The molecule has 1 heterocycles. The van der Waals surface area contributed by atoms with E-state index in [0.29, 0.717) is 6.61 Å². The van der Waals surface area contributed by atoms with Crippen LogP contribution >= 0.6 is 0 Å². The van der Waals surface area contributed by atoms with E-state index < -0.39 is 0 Å². The molecule has 0 aliphatic rings. The van der Waals surface area contributed by atoms with Gasteiger partial charge in [-0.25, -0.2) is 4.98 Å². The van der Waals surface area contributed by atoms with E-state index in [-0.39, 0.29) is 6.10 Å². The van der Waals surface area contributed by atoms with Crippen molar-refractivity contribution >= 4 is 11.6 Å². The van der Waals surface area contributed by atoms with Gasteiger partial charge in [0, 0.05) is 13.1 Å². The number of hydrogen-bond donors (Lipinski definition) is 2. The number of anilines is 2. The summed E-state index contributed by atoms with van der Waals surface area (Å²) >= 11 is 0. The lowest BCUT2D eigenvalue weighted by Gasteiger charge is -2.10. The Balaban J connectivity index is 2.32. The molecule has 0 saturated heterocycles. The predicted octanol–water partition coefficient (Wildman–Crippen LogP) is 2.74. The molecular formula is C13H23N3O. The number of rotatable bonds is 8. The molecule has 0 atom stereocenters. The molecule has 4 heteroatoms. The van der Waals surface area contributed by atoms with Crippen molar-refractivity contribution in [3.05, 3.63) is 18.2 Å². The van der Waals surface area contributed by atoms with Crippen LogP contribution < -0.4 is 10.6 Å². The van der Waals surface area contributed by atoms with E-state index in [9.17, 15) is 0 Å². The van der Waals surface area contributed by atoms with Crippen molar-refractivity contribution in [1.82, 2.24) is 4.98 Å². The van der Waals surface area contributed by atoms with E-state index >= 15 is 0 Å². The molecular weight excluding hydrogens is 214 g/mol. The van der Waals surface area contributed by atoms with Gasteiger partial charge in [-0.05, 0) is 32.4 Å². The second kappa shape index (κ2) is 7.90. The lowest BCUT2D eigenvalue weighted by atomic mass is 10.4. The Morgan fingerprint density at radius 1 is 1.18 bits per heavy atom. The van der Waals surface area contributed by atoms with E-state index in [0.717, 1.165) is 31.1 Å². The summed E-state index contributed by atoms with van der Waals surface area (Å²) in [6, 6.07) is 5.94. The highest BCUT2D eigenvalue weighted by atomic mass is 16.5. The molecule has 0 aliphatic carbocycles. The van der Waals surface area contributed by atoms with E-state index in [1.54, 1.807) is 0 Å². The van der Waals surface area contributed by atoms with Gasteiger partial charge in [0.05, 0.1) is 12.7 Å². The normalized spacial score (nSPS) is 10.6. The zero-order valence-electron chi connectivity index (χ0n) is 11.0. The smallest absolute Gasteiger partial charge is 0.128 e. The van der Waals surface area contributed by atoms with E-state index in [2.05, 4.69) is 22.5 Å². The summed E-state index contributed by atoms with van der Waals surface area (Å²) in [5.41, 5.74) is 0. The van der Waals surface area contributed by atoms with Gasteiger partial charge >= 0.3 is 0 Å². The molecule has 96 valence electrons. The van der Waals surface area contributed by atoms with Gasteiger partial charge in [0.2, 0.25) is 0 Å². The van der Waals surface area contributed by atoms with Crippen molar-refractivity contribution in [2.75, 3.05) is 30.3 Å². The highest BCUT2D eigenvalue weighted by Gasteiger charge is 1.97. The van der Waals surface area contributed by atoms with Crippen LogP contribution in [0.4, 0.5) is 11.6 Å². The minimum Gasteiger partial charge on any atom is -0.377 e. The maximum Gasteiger partial charge on any atom is 0.128 e. The third-order valence-corrected chi connectivity index (χ3v) is 2.16. The van der Waals surface area contributed by atoms with Crippen LogP contribution in [-0.2, 0) is 4.74 Å². The van der Waals surface area contributed by atoms with E-state index in [1.165, 1.54) is 0 Å². The average Bonchev–Trinajstić information content (AvgIpc) is 2.32. The maximum atomic E-state index is 5.45. The molecule has 17 heavy (non-hydrogen) atoms. The first-order chi connectivity index (χ1) is 8.22. The van der Waals surface area contributed by atoms with Crippen molar-refractivity contribution in [1.29, 1.82) is 0 Å². The van der Waals surface area contributed by atoms with E-state index in [4.69, 9.17) is 4.74 Å². The Bertz CT molecular complexity index is 315. The third-order valence-electron chi connectivity index (χ3n) is 2.16. The molecule has 4 nitrogen and oxygen atoms in total. The van der Waals surface area contributed by atoms with Gasteiger partial charge in [0.25, 0.3) is 0 Å². The summed E-state index contributed by atoms with van der Waals surface area (Å²) in [4.78, 5) is 4.45. The molecule has 0 bridgehead atoms. The highest BCUT2D eigenvalue weighted by Crippen LogP contribution is 2.08. The van der Waals surface area contributed by atoms with Crippen LogP contribution in [0.2, 0.25) is 0 Å². The monoisotopic (exact) mass is 237 g/mol. The van der Waals surface area contributed by atoms with Crippen LogP contribution in [0.3, 0.4) is 0 Å². The van der Waals surface area contributed by atoms with Crippen molar-refractivity contribution < 1.29 is 4.74 Å². The zero-order chi connectivity index (χ0) is 12.5. The minimum absolute atomic E-state index is 0.280. The standard InChI is InChI=1S/C13H23N3O/c1-4-8-14-12-6-5-7-13(16-12)15-9-10-17-11(2)3/h5-7,11H,4,8-10H2,1-3H3,(H2,14,15,16). The van der Waals surface area contributed by atoms with Crippen LogP contribution in [-0.4, -0.2) is 30.8 Å². The number of hydrogen-bond acceptors (Lipinski definition) is 4. The molecule has 1 rings (SSSR count). The molecule has 0 unspecified atom stereocenters. The Morgan fingerprint density at radius 2 is 1.82 bits per heavy atom. The fourth-order valence-corrected chi connectivity index (χ4v) is 1.36. The van der Waals surface area contributed by atoms with Crippen LogP contribution in [0, 0.1) is 0 Å². The molecule has 0 amide bonds. The van der Waals surface area contributed by atoms with Crippen molar-refractivity contribution in [3.8, 4) is 0 Å². The van der Waals surface area contributed by atoms with Gasteiger partial charge in [-0.3, -0.25) is 0 Å². The van der Waals surface area contributed by atoms with Gasteiger partial charge < -0.3 is 15.4 Å². The summed E-state index contributed by atoms with van der Waals surface area (Å²) in [6.07, 6.45) is 1.38. The van der Waals surface area contributed by atoms with Gasteiger partial charge in [0.1, 0.15) is 11.6 Å². The fraction of sp³-hybridized carbons (Fsp3) is 0.615. The van der Waals surface area contributed by atoms with E-state index in [1.807, 2.05) is 32.0 Å². The van der Waals surface area contributed by atoms with Gasteiger partial charge in [0.15, 0.2) is 0 Å². The SMILES string of the molecule is CCCNc1cccc(NCCOC(C)C)n1. The maximum absolute atomic E-state index is 5.45. The third kappa shape index (κ3) is 6.12. The van der Waals surface area contributed by atoms with Gasteiger partial charge in [-0.1, -0.05) is 13.0 Å². The Kier molecular flexibility index (Phi) is 6.40. The average molecular weight is 237 g/mol. The Morgan fingerprint density at radius 3 is 2.41 bits per heavy atom. The first-order valence-corrected chi connectivity index (χ1v) is 6.28. The largest absolute Gasteiger partial charge is 0.377 e. The first-order valence-electron chi connectivity index (χ1n) is 6.28. The van der Waals surface area contributed by atoms with Crippen molar-refractivity contribution in [3.63, 3.8) is 0 Å². The van der Waals surface area contributed by atoms with Crippen molar-refractivity contribution in [2.24, 2.45) is 0 Å². The van der Waals surface area contributed by atoms with Crippen LogP contribution in [0.5, 0.6) is 0 Å². The molecule has 0 aliphatic heterocycles. The highest BCUT2D eigenvalue weighted by molar-refractivity contribution is 5.44. The molecule has 1 aromatic rings. The predicted molar refractivity (Wildman–Crippen MR) is 72.6 cm³/mol. The number of nitrogens with one attached hydrogen (secondary N) is 2. The quantitative estimate of drug-likeness (QED) is 0.682. The van der Waals surface area contributed by atoms with Crippen LogP contribution in [0.1, 0.15) is 27.2 Å². The Labute approximate surface area is 104 Å². The summed E-state index contributed by atoms with van der Waals surface area (Å²) in [5.74, 6) is 1.81. The lowest BCUT2D eigenvalue weighted by molar-refractivity contribution is 0.0870. The minimum atomic E-state index is 0.280. The number of nitrogens with zero attached hydrogens (tertiary/aromatic N) is 1. The summed E-state index contributed by atoms with van der Waals surface area (Å²) in [6.45, 7) is 8.64. The summed E-state index contributed by atoms with van der Waals surface area (Å²) in [5, 5.41) is 6.50. The molecule has 1 aromatic heterocycles. The number of aromatic nitrogens is 1. The van der Waals surface area contributed by atoms with Crippen LogP contribution in [0.15, 0.2) is 18.2 Å². The number of pyridine rings is 1. The summed E-state index contributed by atoms with van der Waals surface area (Å²) in [7, 11) is 0. The molecule has 0 saturated carbocycles. The van der Waals surface area contributed by atoms with Crippen molar-refractivity contribution in [2.45, 2.75) is 33.3 Å². The molecule has 0 spiro atoms. The molecule has 0 radical (unpaired) electrons. The molecule has 0 aromatic carbocycles. The second-order valence-electron chi connectivity index (χ2n) is 4.18. The first kappa shape index (κ1) is 13.8. The molecule has 2 N–H and O–H groups in total. The van der Waals surface area contributed by atoms with Gasteiger partial charge in [-0.15, -0.1) is 0 Å². The number of ether oxygens (including phenoxy) is 1. The zero-order valence-corrected chi connectivity index (χ0v) is 11.0. The van der Waals surface area contributed by atoms with Crippen LogP contribution in [0.25, 0.3) is 0 Å². The molecule has 0 fully saturated rings. The second-order valence-corrected chi connectivity index (χ2v) is 4.18. The topological polar surface area (TPSA) is 46.2 Å². The van der Waals surface area contributed by atoms with Gasteiger partial charge in [-0.2, -0.15) is 0 Å². The Hall–Kier alpha value is -1.29. The lowest BCUT2D eigenvalue weighted by Crippen LogP contribution is -2.14. The fourth-order valence-electron chi connectivity index (χ4n) is 1.36.